The summed E-state index contributed by atoms with van der Waals surface area (Å²) in [6, 6.07) is 6.34. The van der Waals surface area contributed by atoms with E-state index < -0.39 is 30.2 Å². The van der Waals surface area contributed by atoms with Crippen LogP contribution in [0.15, 0.2) is 24.3 Å². The number of hydrogen-bond donors (Lipinski definition) is 1. The third kappa shape index (κ3) is 5.23. The van der Waals surface area contributed by atoms with Gasteiger partial charge in [-0.15, -0.1) is 0 Å². The quantitative estimate of drug-likeness (QED) is 0.882. The highest BCUT2D eigenvalue weighted by Crippen LogP contribution is 2.33. The van der Waals surface area contributed by atoms with Crippen molar-refractivity contribution in [3.8, 4) is 0 Å². The van der Waals surface area contributed by atoms with Crippen molar-refractivity contribution in [2.24, 2.45) is 0 Å². The number of rotatable bonds is 3. The minimum Gasteiger partial charge on any atom is -0.444 e. The van der Waals surface area contributed by atoms with Crippen LogP contribution in [0.3, 0.4) is 0 Å². The lowest BCUT2D eigenvalue weighted by molar-refractivity contribution is -0.00234. The van der Waals surface area contributed by atoms with Crippen molar-refractivity contribution >= 4 is 23.4 Å². The van der Waals surface area contributed by atoms with Crippen LogP contribution in [0.5, 0.6) is 0 Å². The molecule has 4 nitrogen and oxygen atoms in total. The molecule has 1 aliphatic heterocycles. The Hall–Kier alpha value is -1.56. The Labute approximate surface area is 139 Å². The van der Waals surface area contributed by atoms with E-state index in [4.69, 9.17) is 16.3 Å². The molecule has 1 fully saturated rings. The van der Waals surface area contributed by atoms with Gasteiger partial charge in [-0.2, -0.15) is 0 Å². The zero-order valence-corrected chi connectivity index (χ0v) is 14.2. The molecule has 0 aromatic heterocycles. The molecule has 0 aliphatic carbocycles. The van der Waals surface area contributed by atoms with Crippen LogP contribution in [0.25, 0.3) is 0 Å². The van der Waals surface area contributed by atoms with Gasteiger partial charge in [-0.25, -0.2) is 13.6 Å². The summed E-state index contributed by atoms with van der Waals surface area (Å²) in [5.74, 6) is -2.91. The van der Waals surface area contributed by atoms with Crippen LogP contribution in [0.1, 0.15) is 27.2 Å². The summed E-state index contributed by atoms with van der Waals surface area (Å²) in [4.78, 5) is 13.2. The lowest BCUT2D eigenvalue weighted by atomic mass is 10.2. The van der Waals surface area contributed by atoms with E-state index in [0.717, 1.165) is 10.6 Å². The summed E-state index contributed by atoms with van der Waals surface area (Å²) >= 11 is 5.89. The molecule has 1 saturated heterocycles. The molecule has 1 aliphatic rings. The first-order valence-corrected chi connectivity index (χ1v) is 7.80. The number of benzene rings is 1. The lowest BCUT2D eigenvalue weighted by Crippen LogP contribution is -2.43. The minimum absolute atomic E-state index is 0.204. The van der Waals surface area contributed by atoms with Gasteiger partial charge in [0.1, 0.15) is 5.60 Å². The van der Waals surface area contributed by atoms with Crippen LogP contribution in [-0.2, 0) is 4.74 Å². The van der Waals surface area contributed by atoms with Crippen molar-refractivity contribution in [3.63, 3.8) is 0 Å². The maximum atomic E-state index is 13.7. The Kier molecular flexibility index (Phi) is 5.04. The average molecular weight is 347 g/mol. The van der Waals surface area contributed by atoms with E-state index in [2.05, 4.69) is 5.32 Å². The van der Waals surface area contributed by atoms with E-state index in [1.165, 1.54) is 0 Å². The topological polar surface area (TPSA) is 41.6 Å². The van der Waals surface area contributed by atoms with Gasteiger partial charge in [0.15, 0.2) is 0 Å². The largest absolute Gasteiger partial charge is 0.444 e. The number of hydrogen-bond acceptors (Lipinski definition) is 3. The number of nitrogens with one attached hydrogen (secondary N) is 1. The molecule has 7 heteroatoms. The zero-order chi connectivity index (χ0) is 17.3. The predicted molar refractivity (Wildman–Crippen MR) is 86.2 cm³/mol. The van der Waals surface area contributed by atoms with Gasteiger partial charge in [0.05, 0.1) is 12.6 Å². The van der Waals surface area contributed by atoms with Gasteiger partial charge >= 0.3 is 6.09 Å². The number of halogens is 3. The highest BCUT2D eigenvalue weighted by molar-refractivity contribution is 6.30. The number of carbonyl (C=O) groups excluding carboxylic acids is 1. The highest BCUT2D eigenvalue weighted by atomic mass is 35.5. The van der Waals surface area contributed by atoms with E-state index in [1.54, 1.807) is 45.0 Å². The van der Waals surface area contributed by atoms with Crippen molar-refractivity contribution in [2.45, 2.75) is 44.8 Å². The van der Waals surface area contributed by atoms with Gasteiger partial charge in [-0.1, -0.05) is 17.7 Å². The van der Waals surface area contributed by atoms with Gasteiger partial charge < -0.3 is 10.1 Å². The molecule has 0 saturated carbocycles. The molecule has 0 spiro atoms. The molecule has 0 bridgehead atoms. The van der Waals surface area contributed by atoms with Crippen molar-refractivity contribution in [2.75, 3.05) is 18.4 Å². The maximum absolute atomic E-state index is 13.7. The zero-order valence-electron chi connectivity index (χ0n) is 13.4. The van der Waals surface area contributed by atoms with E-state index in [-0.39, 0.29) is 13.0 Å². The number of nitrogens with zero attached hydrogens (tertiary/aromatic N) is 1. The molecule has 23 heavy (non-hydrogen) atoms. The fourth-order valence-corrected chi connectivity index (χ4v) is 2.64. The Bertz CT molecular complexity index is 575. The molecule has 2 rings (SSSR count). The third-order valence-electron chi connectivity index (χ3n) is 3.37. The summed E-state index contributed by atoms with van der Waals surface area (Å²) in [5.41, 5.74) is -0.00302. The van der Waals surface area contributed by atoms with Gasteiger partial charge in [0, 0.05) is 23.7 Å². The fourth-order valence-electron chi connectivity index (χ4n) is 2.45. The summed E-state index contributed by atoms with van der Waals surface area (Å²) in [6.07, 6.45) is -1.10. The molecule has 1 unspecified atom stereocenters. The molecule has 0 radical (unpaired) electrons. The number of alkyl halides is 2. The normalized spacial score (nSPS) is 20.4. The van der Waals surface area contributed by atoms with Crippen molar-refractivity contribution in [1.29, 1.82) is 0 Å². The van der Waals surface area contributed by atoms with Crippen LogP contribution in [0.2, 0.25) is 5.02 Å². The molecule has 1 N–H and O–H groups in total. The van der Waals surface area contributed by atoms with E-state index in [1.807, 2.05) is 0 Å². The second-order valence-corrected chi connectivity index (χ2v) is 7.15. The Morgan fingerprint density at radius 2 is 2.17 bits per heavy atom. The minimum atomic E-state index is -2.91. The summed E-state index contributed by atoms with van der Waals surface area (Å²) in [7, 11) is 0. The number of ether oxygens (including phenoxy) is 1. The monoisotopic (exact) mass is 346 g/mol. The standard InChI is InChI=1S/C16H21ClF2N2O2/c1-15(2,3)23-14(22)21-10-16(18,19)8-13(21)9-20-12-6-4-5-11(17)7-12/h4-7,13,20H,8-10H2,1-3H3. The second-order valence-electron chi connectivity index (χ2n) is 6.71. The van der Waals surface area contributed by atoms with Gasteiger partial charge in [0.25, 0.3) is 5.92 Å². The van der Waals surface area contributed by atoms with Gasteiger partial charge in [-0.05, 0) is 39.0 Å². The van der Waals surface area contributed by atoms with Crippen LogP contribution in [0.4, 0.5) is 19.3 Å². The summed E-state index contributed by atoms with van der Waals surface area (Å²) in [5, 5.41) is 3.60. The number of carbonyl (C=O) groups is 1. The first kappa shape index (κ1) is 17.8. The number of likely N-dealkylation sites (tertiary alicyclic amines) is 1. The van der Waals surface area contributed by atoms with E-state index >= 15 is 0 Å². The van der Waals surface area contributed by atoms with Crippen LogP contribution >= 0.6 is 11.6 Å². The fraction of sp³-hybridized carbons (Fsp3) is 0.562. The first-order chi connectivity index (χ1) is 10.6. The van der Waals surface area contributed by atoms with Gasteiger partial charge in [0.2, 0.25) is 0 Å². The molecule has 128 valence electrons. The van der Waals surface area contributed by atoms with Crippen molar-refractivity contribution in [1.82, 2.24) is 4.90 Å². The Morgan fingerprint density at radius 1 is 1.48 bits per heavy atom. The number of anilines is 1. The average Bonchev–Trinajstić information content (AvgIpc) is 2.70. The first-order valence-electron chi connectivity index (χ1n) is 7.43. The van der Waals surface area contributed by atoms with Crippen molar-refractivity contribution in [3.05, 3.63) is 29.3 Å². The second kappa shape index (κ2) is 6.51. The third-order valence-corrected chi connectivity index (χ3v) is 3.61. The Balaban J connectivity index is 2.03. The SMILES string of the molecule is CC(C)(C)OC(=O)N1CC(F)(F)CC1CNc1cccc(Cl)c1. The van der Waals surface area contributed by atoms with Crippen LogP contribution in [0, 0.1) is 0 Å². The van der Waals surface area contributed by atoms with Crippen LogP contribution in [-0.4, -0.2) is 41.6 Å². The lowest BCUT2D eigenvalue weighted by Gasteiger charge is -2.28. The molecule has 1 heterocycles. The van der Waals surface area contributed by atoms with E-state index in [9.17, 15) is 13.6 Å². The summed E-state index contributed by atoms with van der Waals surface area (Å²) in [6.45, 7) is 4.70. The molecule has 1 amide bonds. The number of amides is 1. The van der Waals surface area contributed by atoms with Crippen molar-refractivity contribution < 1.29 is 18.3 Å². The molecule has 1 aromatic carbocycles. The molecular formula is C16H21ClF2N2O2. The van der Waals surface area contributed by atoms with Crippen LogP contribution < -0.4 is 5.32 Å². The molecular weight excluding hydrogens is 326 g/mol. The highest BCUT2D eigenvalue weighted by Gasteiger charge is 2.48. The maximum Gasteiger partial charge on any atom is 0.410 e. The predicted octanol–water partition coefficient (Wildman–Crippen LogP) is 4.40. The Morgan fingerprint density at radius 3 is 2.78 bits per heavy atom. The summed E-state index contributed by atoms with van der Waals surface area (Å²) < 4.78 is 32.7. The smallest absolute Gasteiger partial charge is 0.410 e. The van der Waals surface area contributed by atoms with E-state index in [0.29, 0.717) is 5.02 Å². The molecule has 1 atom stereocenters. The molecule has 1 aromatic rings. The van der Waals surface area contributed by atoms with Gasteiger partial charge in [-0.3, -0.25) is 4.90 Å².